The average Bonchev–Trinajstić information content (AvgIpc) is 3.40. The van der Waals surface area contributed by atoms with Crippen molar-refractivity contribution in [3.05, 3.63) is 52.4 Å². The molecular formula is C22H28N4O3. The molecule has 1 aromatic carbocycles. The first-order valence-electron chi connectivity index (χ1n) is 10.4. The van der Waals surface area contributed by atoms with E-state index in [4.69, 9.17) is 4.74 Å². The minimum absolute atomic E-state index is 0.0457. The van der Waals surface area contributed by atoms with E-state index in [9.17, 15) is 9.59 Å². The number of aromatic nitrogens is 2. The third-order valence-electron chi connectivity index (χ3n) is 5.58. The molecule has 0 radical (unpaired) electrons. The highest BCUT2D eigenvalue weighted by Crippen LogP contribution is 2.30. The third-order valence-corrected chi connectivity index (χ3v) is 5.58. The SMILES string of the molecule is CCOc1cccc(CNC(=O)C2CCN(c3cnn(CC4CC4)c(=O)c3)C2)c1. The molecule has 7 nitrogen and oxygen atoms in total. The van der Waals surface area contributed by atoms with Gasteiger partial charge in [-0.15, -0.1) is 0 Å². The van der Waals surface area contributed by atoms with Crippen molar-refractivity contribution in [2.45, 2.75) is 39.3 Å². The molecular weight excluding hydrogens is 368 g/mol. The molecule has 0 spiro atoms. The molecule has 2 aliphatic rings. The highest BCUT2D eigenvalue weighted by atomic mass is 16.5. The zero-order valence-electron chi connectivity index (χ0n) is 16.8. The summed E-state index contributed by atoms with van der Waals surface area (Å²) in [7, 11) is 0. The summed E-state index contributed by atoms with van der Waals surface area (Å²) < 4.78 is 7.06. The van der Waals surface area contributed by atoms with Gasteiger partial charge in [-0.1, -0.05) is 12.1 Å². The first kappa shape index (κ1) is 19.5. The zero-order chi connectivity index (χ0) is 20.2. The monoisotopic (exact) mass is 396 g/mol. The van der Waals surface area contributed by atoms with E-state index in [0.717, 1.165) is 30.0 Å². The van der Waals surface area contributed by atoms with Crippen LogP contribution in [-0.2, 0) is 17.9 Å². The lowest BCUT2D eigenvalue weighted by atomic mass is 10.1. The predicted molar refractivity (Wildman–Crippen MR) is 111 cm³/mol. The largest absolute Gasteiger partial charge is 0.494 e. The molecule has 2 fully saturated rings. The molecule has 1 unspecified atom stereocenters. The van der Waals surface area contributed by atoms with E-state index < -0.39 is 0 Å². The standard InChI is InChI=1S/C22H28N4O3/c1-2-29-20-5-3-4-17(10-20)12-23-22(28)18-8-9-25(15-18)19-11-21(27)26(24-13-19)14-16-6-7-16/h3-5,10-11,13,16,18H,2,6-9,12,14-15H2,1H3,(H,23,28). The molecule has 4 rings (SSSR count). The molecule has 1 amide bonds. The van der Waals surface area contributed by atoms with Crippen molar-refractivity contribution < 1.29 is 9.53 Å². The van der Waals surface area contributed by atoms with Crippen LogP contribution in [0.2, 0.25) is 0 Å². The fourth-order valence-corrected chi connectivity index (χ4v) is 3.73. The smallest absolute Gasteiger partial charge is 0.268 e. The second-order valence-electron chi connectivity index (χ2n) is 7.91. The number of nitrogens with one attached hydrogen (secondary N) is 1. The van der Waals surface area contributed by atoms with Crippen molar-refractivity contribution in [2.75, 3.05) is 24.6 Å². The molecule has 29 heavy (non-hydrogen) atoms. The molecule has 1 saturated heterocycles. The van der Waals surface area contributed by atoms with Crippen LogP contribution in [0.25, 0.3) is 0 Å². The van der Waals surface area contributed by atoms with Gasteiger partial charge in [0.15, 0.2) is 0 Å². The van der Waals surface area contributed by atoms with Crippen LogP contribution in [0.5, 0.6) is 5.75 Å². The van der Waals surface area contributed by atoms with Gasteiger partial charge >= 0.3 is 0 Å². The number of amides is 1. The molecule has 1 N–H and O–H groups in total. The van der Waals surface area contributed by atoms with Gasteiger partial charge in [0, 0.05) is 32.2 Å². The van der Waals surface area contributed by atoms with E-state index in [2.05, 4.69) is 15.3 Å². The van der Waals surface area contributed by atoms with Gasteiger partial charge in [0.1, 0.15) is 5.75 Å². The third kappa shape index (κ3) is 4.96. The summed E-state index contributed by atoms with van der Waals surface area (Å²) >= 11 is 0. The number of rotatable bonds is 8. The van der Waals surface area contributed by atoms with Gasteiger partial charge in [0.05, 0.1) is 24.4 Å². The highest BCUT2D eigenvalue weighted by Gasteiger charge is 2.29. The number of ether oxygens (including phenoxy) is 1. The fourth-order valence-electron chi connectivity index (χ4n) is 3.73. The molecule has 7 heteroatoms. The summed E-state index contributed by atoms with van der Waals surface area (Å²) in [5, 5.41) is 7.35. The Morgan fingerprint density at radius 2 is 2.14 bits per heavy atom. The Morgan fingerprint density at radius 1 is 1.28 bits per heavy atom. The Labute approximate surface area is 170 Å². The van der Waals surface area contributed by atoms with Crippen LogP contribution in [0.4, 0.5) is 5.69 Å². The van der Waals surface area contributed by atoms with Crippen LogP contribution in [0.1, 0.15) is 31.7 Å². The Bertz CT molecular complexity index is 922. The van der Waals surface area contributed by atoms with Gasteiger partial charge in [-0.3, -0.25) is 9.59 Å². The summed E-state index contributed by atoms with van der Waals surface area (Å²) in [4.78, 5) is 27.0. The second kappa shape index (κ2) is 8.68. The maximum Gasteiger partial charge on any atom is 0.268 e. The molecule has 1 aromatic heterocycles. The molecule has 154 valence electrons. The Morgan fingerprint density at radius 3 is 2.90 bits per heavy atom. The van der Waals surface area contributed by atoms with Crippen LogP contribution in [-0.4, -0.2) is 35.4 Å². The Balaban J connectivity index is 1.31. The number of hydrogen-bond acceptors (Lipinski definition) is 5. The molecule has 1 atom stereocenters. The summed E-state index contributed by atoms with van der Waals surface area (Å²) in [6, 6.07) is 9.42. The van der Waals surface area contributed by atoms with E-state index in [1.54, 1.807) is 16.9 Å². The quantitative estimate of drug-likeness (QED) is 0.740. The predicted octanol–water partition coefficient (Wildman–Crippen LogP) is 2.19. The van der Waals surface area contributed by atoms with E-state index in [-0.39, 0.29) is 17.4 Å². The summed E-state index contributed by atoms with van der Waals surface area (Å²) in [6.45, 7) is 5.13. The maximum atomic E-state index is 12.6. The normalized spacial score (nSPS) is 18.7. The van der Waals surface area contributed by atoms with Crippen molar-refractivity contribution in [2.24, 2.45) is 11.8 Å². The van der Waals surface area contributed by atoms with Gasteiger partial charge in [0.2, 0.25) is 5.91 Å². The lowest BCUT2D eigenvalue weighted by Crippen LogP contribution is -2.33. The zero-order valence-corrected chi connectivity index (χ0v) is 16.8. The fraction of sp³-hybridized carbons (Fsp3) is 0.500. The Kier molecular flexibility index (Phi) is 5.83. The lowest BCUT2D eigenvalue weighted by Gasteiger charge is -2.18. The average molecular weight is 396 g/mol. The lowest BCUT2D eigenvalue weighted by molar-refractivity contribution is -0.124. The van der Waals surface area contributed by atoms with E-state index in [0.29, 0.717) is 32.2 Å². The van der Waals surface area contributed by atoms with Gasteiger partial charge in [0.25, 0.3) is 5.56 Å². The second-order valence-corrected chi connectivity index (χ2v) is 7.91. The van der Waals surface area contributed by atoms with Gasteiger partial charge in [-0.05, 0) is 49.8 Å². The molecule has 1 aliphatic heterocycles. The van der Waals surface area contributed by atoms with Crippen molar-refractivity contribution in [1.82, 2.24) is 15.1 Å². The van der Waals surface area contributed by atoms with Gasteiger partial charge < -0.3 is 15.0 Å². The number of benzene rings is 1. The highest BCUT2D eigenvalue weighted by molar-refractivity contribution is 5.80. The van der Waals surface area contributed by atoms with Gasteiger partial charge in [-0.2, -0.15) is 5.10 Å². The van der Waals surface area contributed by atoms with Crippen LogP contribution in [0, 0.1) is 11.8 Å². The molecule has 2 aromatic rings. The van der Waals surface area contributed by atoms with Crippen LogP contribution in [0.3, 0.4) is 0 Å². The first-order valence-corrected chi connectivity index (χ1v) is 10.4. The molecule has 1 aliphatic carbocycles. The minimum Gasteiger partial charge on any atom is -0.494 e. The van der Waals surface area contributed by atoms with Gasteiger partial charge in [-0.25, -0.2) is 4.68 Å². The van der Waals surface area contributed by atoms with Crippen molar-refractivity contribution in [3.8, 4) is 5.75 Å². The van der Waals surface area contributed by atoms with Crippen molar-refractivity contribution >= 4 is 11.6 Å². The first-order chi connectivity index (χ1) is 14.1. The topological polar surface area (TPSA) is 76.5 Å². The maximum absolute atomic E-state index is 12.6. The molecule has 1 saturated carbocycles. The number of hydrogen-bond donors (Lipinski definition) is 1. The Hall–Kier alpha value is -2.83. The summed E-state index contributed by atoms with van der Waals surface area (Å²) in [6.07, 6.45) is 4.91. The summed E-state index contributed by atoms with van der Waals surface area (Å²) in [5.41, 5.74) is 1.76. The van der Waals surface area contributed by atoms with E-state index in [1.165, 1.54) is 12.8 Å². The summed E-state index contributed by atoms with van der Waals surface area (Å²) in [5.74, 6) is 1.39. The van der Waals surface area contributed by atoms with Crippen LogP contribution in [0.15, 0.2) is 41.3 Å². The van der Waals surface area contributed by atoms with E-state index >= 15 is 0 Å². The number of carbonyl (C=O) groups excluding carboxylic acids is 1. The number of nitrogens with zero attached hydrogens (tertiary/aromatic N) is 3. The molecule has 2 heterocycles. The number of carbonyl (C=O) groups is 1. The van der Waals surface area contributed by atoms with Crippen molar-refractivity contribution in [3.63, 3.8) is 0 Å². The minimum atomic E-state index is -0.0843. The van der Waals surface area contributed by atoms with Crippen LogP contribution >= 0.6 is 0 Å². The molecule has 0 bridgehead atoms. The van der Waals surface area contributed by atoms with Crippen LogP contribution < -0.4 is 20.5 Å². The van der Waals surface area contributed by atoms with Crippen molar-refractivity contribution in [1.29, 1.82) is 0 Å². The number of anilines is 1. The van der Waals surface area contributed by atoms with E-state index in [1.807, 2.05) is 31.2 Å².